The molecule has 1 aromatic rings. The summed E-state index contributed by atoms with van der Waals surface area (Å²) in [6.07, 6.45) is 8.06. The minimum absolute atomic E-state index is 0.559. The Labute approximate surface area is 110 Å². The van der Waals surface area contributed by atoms with Crippen LogP contribution in [0.15, 0.2) is 30.3 Å². The van der Waals surface area contributed by atoms with Crippen LogP contribution in [0.1, 0.15) is 32.1 Å². The summed E-state index contributed by atoms with van der Waals surface area (Å²) in [5, 5.41) is 1.27. The van der Waals surface area contributed by atoms with Crippen molar-refractivity contribution in [3.8, 4) is 0 Å². The van der Waals surface area contributed by atoms with Crippen LogP contribution in [0.5, 0.6) is 0 Å². The second kappa shape index (κ2) is 5.56. The second-order valence-corrected chi connectivity index (χ2v) is 7.49. The fourth-order valence-corrected chi connectivity index (χ4v) is 5.05. The number of hydrogen-bond acceptors (Lipinski definition) is 1. The third kappa shape index (κ3) is 2.93. The summed E-state index contributed by atoms with van der Waals surface area (Å²) in [5.41, 5.74) is 0. The van der Waals surface area contributed by atoms with Crippen molar-refractivity contribution in [3.05, 3.63) is 30.3 Å². The standard InChI is InChI=1S/C15H20OSe/c1-2-7-14(8-3-1)17-11-13-10-12-6-4-5-9-15(12)16-13/h1-3,7-8,12-13,15H,4-6,9-11H2. The quantitative estimate of drug-likeness (QED) is 0.779. The van der Waals surface area contributed by atoms with Gasteiger partial charge in [-0.25, -0.2) is 0 Å². The first kappa shape index (κ1) is 11.8. The van der Waals surface area contributed by atoms with Crippen LogP contribution >= 0.6 is 0 Å². The number of fused-ring (bicyclic) bond motifs is 1. The molecule has 0 bridgehead atoms. The molecule has 3 rings (SSSR count). The van der Waals surface area contributed by atoms with Gasteiger partial charge in [0.2, 0.25) is 0 Å². The van der Waals surface area contributed by atoms with Crippen molar-refractivity contribution in [3.63, 3.8) is 0 Å². The van der Waals surface area contributed by atoms with E-state index < -0.39 is 0 Å². The molecular weight excluding hydrogens is 275 g/mol. The van der Waals surface area contributed by atoms with Crippen molar-refractivity contribution < 1.29 is 4.74 Å². The maximum atomic E-state index is 6.20. The van der Waals surface area contributed by atoms with E-state index in [-0.39, 0.29) is 0 Å². The Hall–Kier alpha value is -0.301. The third-order valence-corrected chi connectivity index (χ3v) is 6.35. The van der Waals surface area contributed by atoms with Crippen molar-refractivity contribution in [2.24, 2.45) is 5.92 Å². The number of benzene rings is 1. The average Bonchev–Trinajstić information content (AvgIpc) is 2.80. The summed E-state index contributed by atoms with van der Waals surface area (Å²) < 4.78 is 7.72. The van der Waals surface area contributed by atoms with Crippen LogP contribution in [0.4, 0.5) is 0 Å². The Balaban J connectivity index is 1.50. The Bertz CT molecular complexity index is 337. The fourth-order valence-electron chi connectivity index (χ4n) is 3.08. The molecule has 1 heterocycles. The molecule has 0 radical (unpaired) electrons. The van der Waals surface area contributed by atoms with E-state index in [1.54, 1.807) is 0 Å². The molecule has 0 spiro atoms. The van der Waals surface area contributed by atoms with Crippen molar-refractivity contribution in [1.82, 2.24) is 0 Å². The van der Waals surface area contributed by atoms with E-state index in [0.29, 0.717) is 27.2 Å². The average molecular weight is 295 g/mol. The topological polar surface area (TPSA) is 9.23 Å². The van der Waals surface area contributed by atoms with Crippen LogP contribution in [-0.2, 0) is 4.74 Å². The van der Waals surface area contributed by atoms with Crippen molar-refractivity contribution in [1.29, 1.82) is 0 Å². The molecule has 1 saturated heterocycles. The van der Waals surface area contributed by atoms with Crippen LogP contribution in [0, 0.1) is 5.92 Å². The molecule has 0 amide bonds. The zero-order chi connectivity index (χ0) is 11.5. The van der Waals surface area contributed by atoms with E-state index in [2.05, 4.69) is 30.3 Å². The molecule has 17 heavy (non-hydrogen) atoms. The van der Waals surface area contributed by atoms with Gasteiger partial charge in [-0.2, -0.15) is 0 Å². The Kier molecular flexibility index (Phi) is 3.85. The zero-order valence-electron chi connectivity index (χ0n) is 10.2. The van der Waals surface area contributed by atoms with Gasteiger partial charge < -0.3 is 0 Å². The van der Waals surface area contributed by atoms with Crippen LogP contribution in [0.3, 0.4) is 0 Å². The Morgan fingerprint density at radius 1 is 1.12 bits per heavy atom. The monoisotopic (exact) mass is 296 g/mol. The summed E-state index contributed by atoms with van der Waals surface area (Å²) in [5.74, 6) is 0.889. The molecule has 92 valence electrons. The molecule has 0 aromatic heterocycles. The predicted octanol–water partition coefficient (Wildman–Crippen LogP) is 2.78. The zero-order valence-corrected chi connectivity index (χ0v) is 11.9. The SMILES string of the molecule is c1ccc([Se]CC2CC3CCCCC3O2)cc1. The third-order valence-electron chi connectivity index (χ3n) is 3.95. The van der Waals surface area contributed by atoms with Gasteiger partial charge in [-0.15, -0.1) is 0 Å². The Morgan fingerprint density at radius 2 is 1.94 bits per heavy atom. The van der Waals surface area contributed by atoms with E-state index in [4.69, 9.17) is 4.74 Å². The predicted molar refractivity (Wildman–Crippen MR) is 71.9 cm³/mol. The van der Waals surface area contributed by atoms with Gasteiger partial charge in [0, 0.05) is 0 Å². The van der Waals surface area contributed by atoms with E-state index in [0.717, 1.165) is 5.92 Å². The van der Waals surface area contributed by atoms with Gasteiger partial charge >= 0.3 is 110 Å². The summed E-state index contributed by atoms with van der Waals surface area (Å²) in [6, 6.07) is 10.9. The molecule has 2 heteroatoms. The Morgan fingerprint density at radius 3 is 2.76 bits per heavy atom. The van der Waals surface area contributed by atoms with Gasteiger partial charge in [-0.05, 0) is 0 Å². The summed E-state index contributed by atoms with van der Waals surface area (Å²) >= 11 is 0.597. The summed E-state index contributed by atoms with van der Waals surface area (Å²) in [7, 11) is 0. The van der Waals surface area contributed by atoms with E-state index >= 15 is 0 Å². The van der Waals surface area contributed by atoms with E-state index in [1.807, 2.05) is 0 Å². The van der Waals surface area contributed by atoms with Gasteiger partial charge in [0.1, 0.15) is 0 Å². The van der Waals surface area contributed by atoms with Gasteiger partial charge in [0.05, 0.1) is 0 Å². The molecule has 3 atom stereocenters. The van der Waals surface area contributed by atoms with E-state index in [9.17, 15) is 0 Å². The molecule has 1 aromatic carbocycles. The van der Waals surface area contributed by atoms with Crippen LogP contribution in [0.25, 0.3) is 0 Å². The summed E-state index contributed by atoms with van der Waals surface area (Å²) in [4.78, 5) is 0. The first-order valence-electron chi connectivity index (χ1n) is 6.75. The summed E-state index contributed by atoms with van der Waals surface area (Å²) in [6.45, 7) is 0. The molecule has 2 fully saturated rings. The molecule has 1 saturated carbocycles. The maximum absolute atomic E-state index is 6.20. The number of ether oxygens (including phenoxy) is 1. The van der Waals surface area contributed by atoms with E-state index in [1.165, 1.54) is 41.9 Å². The molecule has 0 N–H and O–H groups in total. The molecule has 3 unspecified atom stereocenters. The fraction of sp³-hybridized carbons (Fsp3) is 0.600. The van der Waals surface area contributed by atoms with Crippen LogP contribution < -0.4 is 4.46 Å². The molecule has 1 nitrogen and oxygen atoms in total. The normalized spacial score (nSPS) is 32.4. The van der Waals surface area contributed by atoms with Gasteiger partial charge in [-0.3, -0.25) is 0 Å². The molecular formula is C15H20OSe. The van der Waals surface area contributed by atoms with Crippen molar-refractivity contribution >= 4 is 19.4 Å². The number of rotatable bonds is 3. The molecule has 2 aliphatic rings. The first-order valence-corrected chi connectivity index (χ1v) is 8.82. The van der Waals surface area contributed by atoms with Gasteiger partial charge in [-0.1, -0.05) is 0 Å². The second-order valence-electron chi connectivity index (χ2n) is 5.20. The first-order chi connectivity index (χ1) is 8.42. The van der Waals surface area contributed by atoms with Gasteiger partial charge in [0.25, 0.3) is 0 Å². The minimum atomic E-state index is 0.559. The van der Waals surface area contributed by atoms with Crippen molar-refractivity contribution in [2.75, 3.05) is 0 Å². The van der Waals surface area contributed by atoms with Gasteiger partial charge in [0.15, 0.2) is 0 Å². The van der Waals surface area contributed by atoms with Crippen molar-refractivity contribution in [2.45, 2.75) is 49.6 Å². The molecule has 1 aliphatic heterocycles. The van der Waals surface area contributed by atoms with Crippen LogP contribution in [0.2, 0.25) is 5.32 Å². The number of hydrogen-bond donors (Lipinski definition) is 0. The van der Waals surface area contributed by atoms with Crippen LogP contribution in [-0.4, -0.2) is 27.2 Å². The molecule has 1 aliphatic carbocycles.